The summed E-state index contributed by atoms with van der Waals surface area (Å²) < 4.78 is 0. The van der Waals surface area contributed by atoms with Crippen LogP contribution in [0.1, 0.15) is 37.3 Å². The lowest BCUT2D eigenvalue weighted by molar-refractivity contribution is 0.493. The van der Waals surface area contributed by atoms with Crippen LogP contribution in [0.2, 0.25) is 5.02 Å². The summed E-state index contributed by atoms with van der Waals surface area (Å²) in [5.74, 6) is 0. The van der Waals surface area contributed by atoms with Crippen molar-refractivity contribution >= 4 is 11.6 Å². The van der Waals surface area contributed by atoms with Crippen molar-refractivity contribution in [2.24, 2.45) is 5.73 Å². The summed E-state index contributed by atoms with van der Waals surface area (Å²) in [6.45, 7) is 0.814. The second kappa shape index (κ2) is 5.67. The first-order valence-corrected chi connectivity index (χ1v) is 6.38. The van der Waals surface area contributed by atoms with Crippen LogP contribution in [-0.4, -0.2) is 12.6 Å². The highest BCUT2D eigenvalue weighted by Crippen LogP contribution is 2.22. The van der Waals surface area contributed by atoms with Gasteiger partial charge in [0.25, 0.3) is 0 Å². The zero-order chi connectivity index (χ0) is 11.4. The van der Waals surface area contributed by atoms with E-state index in [0.717, 1.165) is 17.1 Å². The lowest BCUT2D eigenvalue weighted by Gasteiger charge is -2.18. The minimum atomic E-state index is -0.00528. The predicted octanol–water partition coefficient (Wildman–Crippen LogP) is 2.87. The van der Waals surface area contributed by atoms with E-state index in [2.05, 4.69) is 5.32 Å². The molecule has 0 aliphatic heterocycles. The van der Waals surface area contributed by atoms with Gasteiger partial charge in [0, 0.05) is 23.7 Å². The van der Waals surface area contributed by atoms with Gasteiger partial charge in [-0.2, -0.15) is 0 Å². The summed E-state index contributed by atoms with van der Waals surface area (Å²) >= 11 is 6.11. The number of nitrogens with one attached hydrogen (secondary N) is 1. The van der Waals surface area contributed by atoms with Crippen LogP contribution in [0.3, 0.4) is 0 Å². The number of halogens is 1. The second-order valence-corrected chi connectivity index (χ2v) is 4.92. The molecule has 1 unspecified atom stereocenters. The molecule has 1 atom stereocenters. The van der Waals surface area contributed by atoms with E-state index in [1.807, 2.05) is 24.3 Å². The van der Waals surface area contributed by atoms with Crippen molar-refractivity contribution in [2.75, 3.05) is 6.54 Å². The first kappa shape index (κ1) is 11.9. The van der Waals surface area contributed by atoms with Crippen LogP contribution in [0.4, 0.5) is 0 Å². The summed E-state index contributed by atoms with van der Waals surface area (Å²) in [7, 11) is 0. The van der Waals surface area contributed by atoms with Gasteiger partial charge in [0.2, 0.25) is 0 Å². The highest BCUT2D eigenvalue weighted by atomic mass is 35.5. The van der Waals surface area contributed by atoms with E-state index in [-0.39, 0.29) is 6.04 Å². The maximum atomic E-state index is 6.13. The van der Waals surface area contributed by atoms with Crippen molar-refractivity contribution in [3.05, 3.63) is 34.9 Å². The molecule has 2 rings (SSSR count). The maximum absolute atomic E-state index is 6.13. The zero-order valence-corrected chi connectivity index (χ0v) is 10.2. The molecule has 2 nitrogen and oxygen atoms in total. The fourth-order valence-electron chi connectivity index (χ4n) is 2.31. The van der Waals surface area contributed by atoms with Crippen LogP contribution in [0, 0.1) is 0 Å². The SMILES string of the molecule is NC(CNC1CCCC1)c1ccccc1Cl. The summed E-state index contributed by atoms with van der Waals surface area (Å²) in [5.41, 5.74) is 7.16. The largest absolute Gasteiger partial charge is 0.323 e. The molecule has 1 saturated carbocycles. The Kier molecular flexibility index (Phi) is 4.22. The summed E-state index contributed by atoms with van der Waals surface area (Å²) in [6.07, 6.45) is 5.27. The maximum Gasteiger partial charge on any atom is 0.0454 e. The van der Waals surface area contributed by atoms with Crippen molar-refractivity contribution in [3.8, 4) is 0 Å². The Balaban J connectivity index is 1.87. The van der Waals surface area contributed by atoms with Gasteiger partial charge in [0.1, 0.15) is 0 Å². The monoisotopic (exact) mass is 238 g/mol. The van der Waals surface area contributed by atoms with Crippen molar-refractivity contribution < 1.29 is 0 Å². The molecule has 1 fully saturated rings. The Hall–Kier alpha value is -0.570. The Labute approximate surface area is 102 Å². The molecular formula is C13H19ClN2. The van der Waals surface area contributed by atoms with Gasteiger partial charge in [-0.05, 0) is 24.5 Å². The van der Waals surface area contributed by atoms with Crippen molar-refractivity contribution in [1.82, 2.24) is 5.32 Å². The molecule has 0 bridgehead atoms. The Morgan fingerprint density at radius 3 is 2.69 bits per heavy atom. The molecule has 1 aromatic rings. The van der Waals surface area contributed by atoms with E-state index < -0.39 is 0 Å². The van der Waals surface area contributed by atoms with Crippen LogP contribution in [0.25, 0.3) is 0 Å². The van der Waals surface area contributed by atoms with E-state index in [4.69, 9.17) is 17.3 Å². The fourth-order valence-corrected chi connectivity index (χ4v) is 2.59. The van der Waals surface area contributed by atoms with Crippen LogP contribution in [0.15, 0.2) is 24.3 Å². The number of nitrogens with two attached hydrogens (primary N) is 1. The molecule has 0 saturated heterocycles. The van der Waals surface area contributed by atoms with E-state index in [9.17, 15) is 0 Å². The van der Waals surface area contributed by atoms with Gasteiger partial charge in [0.05, 0.1) is 0 Å². The molecule has 3 N–H and O–H groups in total. The molecule has 1 aliphatic rings. The molecular weight excluding hydrogens is 220 g/mol. The number of hydrogen-bond acceptors (Lipinski definition) is 2. The van der Waals surface area contributed by atoms with Crippen LogP contribution >= 0.6 is 11.6 Å². The average molecular weight is 239 g/mol. The van der Waals surface area contributed by atoms with Gasteiger partial charge >= 0.3 is 0 Å². The summed E-state index contributed by atoms with van der Waals surface area (Å²) in [4.78, 5) is 0. The minimum Gasteiger partial charge on any atom is -0.323 e. The van der Waals surface area contributed by atoms with Gasteiger partial charge in [0.15, 0.2) is 0 Å². The van der Waals surface area contributed by atoms with E-state index in [1.165, 1.54) is 25.7 Å². The van der Waals surface area contributed by atoms with Gasteiger partial charge in [-0.25, -0.2) is 0 Å². The Bertz CT molecular complexity index is 334. The lowest BCUT2D eigenvalue weighted by atomic mass is 10.1. The van der Waals surface area contributed by atoms with Crippen LogP contribution < -0.4 is 11.1 Å². The molecule has 0 heterocycles. The Morgan fingerprint density at radius 2 is 2.00 bits per heavy atom. The third-order valence-corrected chi connectivity index (χ3v) is 3.63. The molecule has 0 radical (unpaired) electrons. The lowest BCUT2D eigenvalue weighted by Crippen LogP contribution is -2.33. The summed E-state index contributed by atoms with van der Waals surface area (Å²) in [6, 6.07) is 8.47. The van der Waals surface area contributed by atoms with Gasteiger partial charge in [-0.3, -0.25) is 0 Å². The molecule has 16 heavy (non-hydrogen) atoms. The molecule has 0 spiro atoms. The number of benzene rings is 1. The highest BCUT2D eigenvalue weighted by molar-refractivity contribution is 6.31. The van der Waals surface area contributed by atoms with E-state index >= 15 is 0 Å². The van der Waals surface area contributed by atoms with Crippen LogP contribution in [-0.2, 0) is 0 Å². The molecule has 0 amide bonds. The molecule has 0 aromatic heterocycles. The normalized spacial score (nSPS) is 18.9. The second-order valence-electron chi connectivity index (χ2n) is 4.52. The topological polar surface area (TPSA) is 38.0 Å². The van der Waals surface area contributed by atoms with Crippen LogP contribution in [0.5, 0.6) is 0 Å². The average Bonchev–Trinajstić information content (AvgIpc) is 2.79. The van der Waals surface area contributed by atoms with Crippen molar-refractivity contribution in [3.63, 3.8) is 0 Å². The quantitative estimate of drug-likeness (QED) is 0.847. The summed E-state index contributed by atoms with van der Waals surface area (Å²) in [5, 5.41) is 4.29. The molecule has 1 aromatic carbocycles. The number of rotatable bonds is 4. The van der Waals surface area contributed by atoms with Gasteiger partial charge in [-0.15, -0.1) is 0 Å². The third kappa shape index (κ3) is 2.97. The predicted molar refractivity (Wildman–Crippen MR) is 68.6 cm³/mol. The smallest absolute Gasteiger partial charge is 0.0454 e. The van der Waals surface area contributed by atoms with E-state index in [1.54, 1.807) is 0 Å². The first-order chi connectivity index (χ1) is 7.77. The van der Waals surface area contributed by atoms with Crippen molar-refractivity contribution in [2.45, 2.75) is 37.8 Å². The third-order valence-electron chi connectivity index (χ3n) is 3.29. The number of hydrogen-bond donors (Lipinski definition) is 2. The minimum absolute atomic E-state index is 0.00528. The fraction of sp³-hybridized carbons (Fsp3) is 0.538. The Morgan fingerprint density at radius 1 is 1.31 bits per heavy atom. The standard InChI is InChI=1S/C13H19ClN2/c14-12-8-4-3-7-11(12)13(15)9-16-10-5-1-2-6-10/h3-4,7-8,10,13,16H,1-2,5-6,9,15H2. The highest BCUT2D eigenvalue weighted by Gasteiger charge is 2.16. The molecule has 1 aliphatic carbocycles. The molecule has 88 valence electrons. The zero-order valence-electron chi connectivity index (χ0n) is 9.45. The first-order valence-electron chi connectivity index (χ1n) is 6.01. The van der Waals surface area contributed by atoms with Gasteiger partial charge < -0.3 is 11.1 Å². The molecule has 3 heteroatoms. The van der Waals surface area contributed by atoms with Crippen molar-refractivity contribution in [1.29, 1.82) is 0 Å². The van der Waals surface area contributed by atoms with E-state index in [0.29, 0.717) is 6.04 Å². The van der Waals surface area contributed by atoms with Gasteiger partial charge in [-0.1, -0.05) is 42.6 Å².